The van der Waals surface area contributed by atoms with E-state index in [2.05, 4.69) is 15.1 Å². The Morgan fingerprint density at radius 2 is 1.92 bits per heavy atom. The molecule has 194 valence electrons. The average molecular weight is 525 g/mol. The van der Waals surface area contributed by atoms with Crippen molar-refractivity contribution >= 4 is 32.7 Å². The van der Waals surface area contributed by atoms with Crippen molar-refractivity contribution in [3.63, 3.8) is 0 Å². The Morgan fingerprint density at radius 1 is 1.08 bits per heavy atom. The zero-order valence-corrected chi connectivity index (χ0v) is 21.1. The van der Waals surface area contributed by atoms with Gasteiger partial charge in [0, 0.05) is 46.7 Å². The predicted octanol–water partition coefficient (Wildman–Crippen LogP) is 5.66. The van der Waals surface area contributed by atoms with Gasteiger partial charge in [-0.2, -0.15) is 9.67 Å². The first-order chi connectivity index (χ1) is 19.0. The second kappa shape index (κ2) is 9.06. The molecule has 2 aromatic carbocycles. The van der Waals surface area contributed by atoms with Gasteiger partial charge in [-0.1, -0.05) is 6.07 Å². The third-order valence-electron chi connectivity index (χ3n) is 7.49. The lowest BCUT2D eigenvalue weighted by Crippen LogP contribution is -2.37. The van der Waals surface area contributed by atoms with Gasteiger partial charge in [-0.3, -0.25) is 9.78 Å². The first kappa shape index (κ1) is 23.6. The SMILES string of the molecule is Cc1cc2c(-c3cc(F)c(F)c4c3cnn4C3CCCCO3)c(-[n+]3ccccc3)c(=O)[nH]c2c2cccnc12. The molecule has 1 atom stereocenters. The number of fused-ring (bicyclic) bond motifs is 4. The maximum Gasteiger partial charge on any atom is 0.321 e. The molecule has 4 aromatic heterocycles. The first-order valence-electron chi connectivity index (χ1n) is 12.9. The molecular formula is C30H24F2N5O2+. The fourth-order valence-electron chi connectivity index (χ4n) is 5.74. The molecule has 9 heteroatoms. The Morgan fingerprint density at radius 3 is 2.72 bits per heavy atom. The van der Waals surface area contributed by atoms with E-state index in [1.165, 1.54) is 10.9 Å². The fraction of sp³-hybridized carbons (Fsp3) is 0.200. The summed E-state index contributed by atoms with van der Waals surface area (Å²) in [6, 6.07) is 12.3. The highest BCUT2D eigenvalue weighted by molar-refractivity contribution is 6.13. The molecular weight excluding hydrogens is 500 g/mol. The summed E-state index contributed by atoms with van der Waals surface area (Å²) in [6.07, 6.45) is 8.73. The number of aromatic amines is 1. The van der Waals surface area contributed by atoms with E-state index < -0.39 is 17.9 Å². The number of H-pyrrole nitrogens is 1. The molecule has 1 N–H and O–H groups in total. The maximum atomic E-state index is 15.5. The van der Waals surface area contributed by atoms with Gasteiger partial charge in [-0.25, -0.2) is 13.5 Å². The van der Waals surface area contributed by atoms with Crippen LogP contribution in [0.15, 0.2) is 72.0 Å². The van der Waals surface area contributed by atoms with Crippen LogP contribution >= 0.6 is 0 Å². The molecule has 0 aliphatic carbocycles. The van der Waals surface area contributed by atoms with Crippen LogP contribution in [0, 0.1) is 18.6 Å². The smallest absolute Gasteiger partial charge is 0.321 e. The molecule has 39 heavy (non-hydrogen) atoms. The Kier molecular flexibility index (Phi) is 5.48. The monoisotopic (exact) mass is 524 g/mol. The van der Waals surface area contributed by atoms with Gasteiger partial charge < -0.3 is 9.72 Å². The lowest BCUT2D eigenvalue weighted by molar-refractivity contribution is -0.596. The summed E-state index contributed by atoms with van der Waals surface area (Å²) in [5.74, 6) is -2.01. The number of aromatic nitrogens is 5. The van der Waals surface area contributed by atoms with Crippen LogP contribution in [0.2, 0.25) is 0 Å². The van der Waals surface area contributed by atoms with Crippen LogP contribution in [0.25, 0.3) is 49.5 Å². The molecule has 0 amide bonds. The summed E-state index contributed by atoms with van der Waals surface area (Å²) in [6.45, 7) is 2.47. The second-order valence-corrected chi connectivity index (χ2v) is 9.87. The third kappa shape index (κ3) is 3.64. The number of hydrogen-bond acceptors (Lipinski definition) is 4. The maximum absolute atomic E-state index is 15.5. The highest BCUT2D eigenvalue weighted by Crippen LogP contribution is 2.40. The zero-order chi connectivity index (χ0) is 26.7. The zero-order valence-electron chi connectivity index (χ0n) is 21.1. The molecule has 1 aliphatic rings. The van der Waals surface area contributed by atoms with E-state index in [0.717, 1.165) is 35.4 Å². The topological polar surface area (TPSA) is 76.7 Å². The van der Waals surface area contributed by atoms with E-state index in [9.17, 15) is 4.79 Å². The molecule has 5 heterocycles. The van der Waals surface area contributed by atoms with E-state index in [-0.39, 0.29) is 11.1 Å². The van der Waals surface area contributed by atoms with Crippen molar-refractivity contribution in [2.75, 3.05) is 6.61 Å². The molecule has 1 aliphatic heterocycles. The van der Waals surface area contributed by atoms with Crippen LogP contribution in [-0.2, 0) is 4.74 Å². The number of benzene rings is 2. The fourth-order valence-corrected chi connectivity index (χ4v) is 5.74. The summed E-state index contributed by atoms with van der Waals surface area (Å²) in [5, 5.41) is 6.31. The van der Waals surface area contributed by atoms with E-state index in [1.54, 1.807) is 23.2 Å². The summed E-state index contributed by atoms with van der Waals surface area (Å²) in [5.41, 5.74) is 3.01. The highest BCUT2D eigenvalue weighted by Gasteiger charge is 2.29. The number of halogens is 2. The molecule has 7 nitrogen and oxygen atoms in total. The number of aryl methyl sites for hydroxylation is 1. The molecule has 0 bridgehead atoms. The Hall–Kier alpha value is -4.50. The van der Waals surface area contributed by atoms with Gasteiger partial charge in [0.15, 0.2) is 30.3 Å². The molecule has 0 radical (unpaired) electrons. The van der Waals surface area contributed by atoms with Crippen LogP contribution in [-0.4, -0.2) is 26.4 Å². The molecule has 1 unspecified atom stereocenters. The number of rotatable bonds is 3. The van der Waals surface area contributed by atoms with Crippen molar-refractivity contribution in [3.05, 3.63) is 94.8 Å². The number of pyridine rings is 3. The molecule has 0 spiro atoms. The summed E-state index contributed by atoms with van der Waals surface area (Å²) in [4.78, 5) is 21.3. The van der Waals surface area contributed by atoms with E-state index in [4.69, 9.17) is 4.74 Å². The van der Waals surface area contributed by atoms with Crippen molar-refractivity contribution in [3.8, 4) is 16.8 Å². The molecule has 6 aromatic rings. The van der Waals surface area contributed by atoms with Gasteiger partial charge in [0.05, 0.1) is 22.8 Å². The van der Waals surface area contributed by atoms with Crippen molar-refractivity contribution in [2.24, 2.45) is 0 Å². The lowest BCUT2D eigenvalue weighted by atomic mass is 9.93. The summed E-state index contributed by atoms with van der Waals surface area (Å²) < 4.78 is 39.9. The van der Waals surface area contributed by atoms with Crippen molar-refractivity contribution in [2.45, 2.75) is 32.4 Å². The minimum Gasteiger partial charge on any atom is -0.356 e. The highest BCUT2D eigenvalue weighted by atomic mass is 19.2. The van der Waals surface area contributed by atoms with Crippen molar-refractivity contribution in [1.29, 1.82) is 0 Å². The van der Waals surface area contributed by atoms with Crippen LogP contribution in [0.1, 0.15) is 31.1 Å². The molecule has 0 saturated carbocycles. The van der Waals surface area contributed by atoms with Crippen LogP contribution < -0.4 is 10.1 Å². The van der Waals surface area contributed by atoms with E-state index in [0.29, 0.717) is 46.1 Å². The van der Waals surface area contributed by atoms with E-state index in [1.807, 2.05) is 43.3 Å². The van der Waals surface area contributed by atoms with Gasteiger partial charge in [-0.05, 0) is 56.0 Å². The number of ether oxygens (including phenoxy) is 1. The van der Waals surface area contributed by atoms with Gasteiger partial charge in [-0.15, -0.1) is 0 Å². The van der Waals surface area contributed by atoms with Gasteiger partial charge >= 0.3 is 5.56 Å². The lowest BCUT2D eigenvalue weighted by Gasteiger charge is -2.23. The van der Waals surface area contributed by atoms with E-state index >= 15 is 8.78 Å². The number of hydrogen-bond donors (Lipinski definition) is 1. The minimum absolute atomic E-state index is 0.0218. The van der Waals surface area contributed by atoms with Gasteiger partial charge in [0.2, 0.25) is 0 Å². The number of nitrogens with one attached hydrogen (secondary N) is 1. The van der Waals surface area contributed by atoms with Crippen LogP contribution in [0.4, 0.5) is 8.78 Å². The van der Waals surface area contributed by atoms with Gasteiger partial charge in [0.25, 0.3) is 5.69 Å². The third-order valence-corrected chi connectivity index (χ3v) is 7.49. The van der Waals surface area contributed by atoms with Crippen molar-refractivity contribution < 1.29 is 18.1 Å². The Balaban J connectivity index is 1.65. The van der Waals surface area contributed by atoms with Crippen LogP contribution in [0.3, 0.4) is 0 Å². The summed E-state index contributed by atoms with van der Waals surface area (Å²) >= 11 is 0. The predicted molar refractivity (Wildman–Crippen MR) is 144 cm³/mol. The molecule has 1 saturated heterocycles. The second-order valence-electron chi connectivity index (χ2n) is 9.87. The first-order valence-corrected chi connectivity index (χ1v) is 12.9. The average Bonchev–Trinajstić information content (AvgIpc) is 3.42. The quantitative estimate of drug-likeness (QED) is 0.240. The largest absolute Gasteiger partial charge is 0.356 e. The summed E-state index contributed by atoms with van der Waals surface area (Å²) in [7, 11) is 0. The molecule has 1 fully saturated rings. The van der Waals surface area contributed by atoms with Gasteiger partial charge in [0.1, 0.15) is 5.52 Å². The minimum atomic E-state index is -1.02. The standard InChI is InChI=1S/C30H23F2N5O2/c1-17-14-20-24(19-15-22(31)25(32)28-21(19)16-34-37(28)23-9-3-6-13-39-23)29(36-11-4-2-5-12-36)30(38)35-27(20)18-8-7-10-33-26(17)18/h2,4-5,7-8,10-12,14-16,23H,3,6,9,13H2,1H3/p+1. The Labute approximate surface area is 221 Å². The molecule has 7 rings (SSSR count). The number of nitrogens with zero attached hydrogens (tertiary/aromatic N) is 4. The van der Waals surface area contributed by atoms with Crippen molar-refractivity contribution in [1.82, 2.24) is 19.7 Å². The Bertz CT molecular complexity index is 1960. The van der Waals surface area contributed by atoms with Crippen LogP contribution in [0.5, 0.6) is 0 Å². The normalized spacial score (nSPS) is 15.9.